The molecule has 2 N–H and O–H groups in total. The van der Waals surface area contributed by atoms with Crippen molar-refractivity contribution < 1.29 is 14.6 Å². The normalized spacial score (nSPS) is 32.2. The van der Waals surface area contributed by atoms with Gasteiger partial charge in [-0.25, -0.2) is 0 Å². The van der Waals surface area contributed by atoms with E-state index in [0.717, 1.165) is 19.4 Å². The average molecular weight is 265 g/mol. The number of nitrogens with one attached hydrogen (secondary N) is 1. The zero-order valence-electron chi connectivity index (χ0n) is 10.1. The van der Waals surface area contributed by atoms with Crippen LogP contribution >= 0.6 is 12.4 Å². The number of halogens is 1. The Hall–Kier alpha value is -0.360. The minimum absolute atomic E-state index is 0. The minimum Gasteiger partial charge on any atom is -0.392 e. The van der Waals surface area contributed by atoms with Crippen molar-refractivity contribution >= 4 is 18.3 Å². The maximum atomic E-state index is 12.0. The first-order valence-electron chi connectivity index (χ1n) is 5.95. The van der Waals surface area contributed by atoms with Crippen LogP contribution in [0, 0.1) is 0 Å². The van der Waals surface area contributed by atoms with E-state index in [1.807, 2.05) is 0 Å². The van der Waals surface area contributed by atoms with E-state index >= 15 is 0 Å². The Morgan fingerprint density at radius 3 is 2.88 bits per heavy atom. The number of carbonyl (C=O) groups excluding carboxylic acids is 1. The number of likely N-dealkylation sites (N-methyl/N-ethyl adjacent to an activating group) is 1. The molecule has 3 unspecified atom stereocenters. The van der Waals surface area contributed by atoms with Gasteiger partial charge in [-0.05, 0) is 19.3 Å². The minimum atomic E-state index is -0.384. The number of carbonyl (C=O) groups is 1. The van der Waals surface area contributed by atoms with Gasteiger partial charge >= 0.3 is 0 Å². The first-order valence-corrected chi connectivity index (χ1v) is 5.95. The Bertz CT molecular complexity index is 259. The van der Waals surface area contributed by atoms with Crippen molar-refractivity contribution in [1.82, 2.24) is 10.2 Å². The highest BCUT2D eigenvalue weighted by Gasteiger charge is 2.31. The maximum Gasteiger partial charge on any atom is 0.239 e. The molecule has 0 aliphatic carbocycles. The van der Waals surface area contributed by atoms with Gasteiger partial charge in [0.05, 0.1) is 18.2 Å². The molecule has 5 nitrogen and oxygen atoms in total. The van der Waals surface area contributed by atoms with Crippen LogP contribution in [0.1, 0.15) is 19.3 Å². The molecule has 17 heavy (non-hydrogen) atoms. The number of hydrogen-bond donors (Lipinski definition) is 2. The van der Waals surface area contributed by atoms with Crippen LogP contribution in [0.5, 0.6) is 0 Å². The van der Waals surface area contributed by atoms with E-state index in [-0.39, 0.29) is 36.6 Å². The van der Waals surface area contributed by atoms with Gasteiger partial charge in [0.1, 0.15) is 0 Å². The van der Waals surface area contributed by atoms with Crippen molar-refractivity contribution in [3.8, 4) is 0 Å². The zero-order valence-corrected chi connectivity index (χ0v) is 10.9. The number of hydrogen-bond acceptors (Lipinski definition) is 4. The topological polar surface area (TPSA) is 61.8 Å². The van der Waals surface area contributed by atoms with E-state index in [0.29, 0.717) is 19.5 Å². The molecule has 6 heteroatoms. The number of rotatable bonds is 3. The van der Waals surface area contributed by atoms with Crippen LogP contribution in [0.4, 0.5) is 0 Å². The van der Waals surface area contributed by atoms with Crippen molar-refractivity contribution in [2.24, 2.45) is 0 Å². The Kier molecular flexibility index (Phi) is 5.66. The summed E-state index contributed by atoms with van der Waals surface area (Å²) in [6.07, 6.45) is 2.46. The van der Waals surface area contributed by atoms with Gasteiger partial charge in [-0.15, -0.1) is 12.4 Å². The molecule has 3 atom stereocenters. The second-order valence-electron chi connectivity index (χ2n) is 4.70. The molecule has 0 spiro atoms. The lowest BCUT2D eigenvalue weighted by atomic mass is 10.1. The lowest BCUT2D eigenvalue weighted by Gasteiger charge is -2.23. The molecule has 0 aromatic heterocycles. The third kappa shape index (κ3) is 3.81. The lowest BCUT2D eigenvalue weighted by Crippen LogP contribution is -2.44. The molecular formula is C11H21ClN2O3. The second kappa shape index (κ2) is 6.54. The largest absolute Gasteiger partial charge is 0.392 e. The molecule has 100 valence electrons. The van der Waals surface area contributed by atoms with Crippen molar-refractivity contribution in [1.29, 1.82) is 0 Å². The van der Waals surface area contributed by atoms with E-state index in [4.69, 9.17) is 4.74 Å². The summed E-state index contributed by atoms with van der Waals surface area (Å²) in [7, 11) is 1.80. The van der Waals surface area contributed by atoms with Gasteiger partial charge in [-0.2, -0.15) is 0 Å². The van der Waals surface area contributed by atoms with Gasteiger partial charge in [-0.1, -0.05) is 0 Å². The van der Waals surface area contributed by atoms with Gasteiger partial charge in [0.2, 0.25) is 5.91 Å². The third-order valence-electron chi connectivity index (χ3n) is 3.28. The molecule has 2 saturated heterocycles. The van der Waals surface area contributed by atoms with Crippen LogP contribution in [0.25, 0.3) is 0 Å². The first kappa shape index (κ1) is 14.7. The summed E-state index contributed by atoms with van der Waals surface area (Å²) in [5, 5.41) is 12.4. The summed E-state index contributed by atoms with van der Waals surface area (Å²) in [5.41, 5.74) is 0. The highest BCUT2D eigenvalue weighted by molar-refractivity contribution is 5.85. The number of aliphatic hydroxyl groups is 1. The van der Waals surface area contributed by atoms with Crippen molar-refractivity contribution in [3.63, 3.8) is 0 Å². The highest BCUT2D eigenvalue weighted by atomic mass is 35.5. The Morgan fingerprint density at radius 1 is 1.59 bits per heavy atom. The third-order valence-corrected chi connectivity index (χ3v) is 3.28. The van der Waals surface area contributed by atoms with Gasteiger partial charge in [-0.3, -0.25) is 4.79 Å². The fourth-order valence-corrected chi connectivity index (χ4v) is 2.35. The molecule has 0 bridgehead atoms. The zero-order chi connectivity index (χ0) is 11.5. The maximum absolute atomic E-state index is 12.0. The molecule has 0 saturated carbocycles. The Labute approximate surface area is 108 Å². The smallest absolute Gasteiger partial charge is 0.239 e. The number of aliphatic hydroxyl groups excluding tert-OH is 1. The predicted molar refractivity (Wildman–Crippen MR) is 66.3 cm³/mol. The molecule has 0 aromatic rings. The van der Waals surface area contributed by atoms with Crippen molar-refractivity contribution in [2.75, 3.05) is 26.7 Å². The SMILES string of the molecule is CN(CC1CCCO1)C(=O)C1CC(O)CN1.Cl. The van der Waals surface area contributed by atoms with Crippen LogP contribution in [0.15, 0.2) is 0 Å². The average Bonchev–Trinajstić information content (AvgIpc) is 2.88. The monoisotopic (exact) mass is 264 g/mol. The summed E-state index contributed by atoms with van der Waals surface area (Å²) >= 11 is 0. The first-order chi connectivity index (χ1) is 7.66. The lowest BCUT2D eigenvalue weighted by molar-refractivity contribution is -0.133. The van der Waals surface area contributed by atoms with Crippen molar-refractivity contribution in [3.05, 3.63) is 0 Å². The molecule has 0 aromatic carbocycles. The summed E-state index contributed by atoms with van der Waals surface area (Å²) in [5.74, 6) is 0.0621. The highest BCUT2D eigenvalue weighted by Crippen LogP contribution is 2.14. The van der Waals surface area contributed by atoms with E-state index in [2.05, 4.69) is 5.32 Å². The summed E-state index contributed by atoms with van der Waals surface area (Å²) < 4.78 is 5.49. The van der Waals surface area contributed by atoms with E-state index < -0.39 is 0 Å². The molecule has 2 aliphatic rings. The molecular weight excluding hydrogens is 244 g/mol. The molecule has 2 heterocycles. The predicted octanol–water partition coefficient (Wildman–Crippen LogP) is -0.232. The van der Waals surface area contributed by atoms with Gasteiger partial charge in [0.15, 0.2) is 0 Å². The summed E-state index contributed by atoms with van der Waals surface area (Å²) in [4.78, 5) is 13.7. The molecule has 2 aliphatic heterocycles. The number of nitrogens with zero attached hydrogens (tertiary/aromatic N) is 1. The van der Waals surface area contributed by atoms with Crippen molar-refractivity contribution in [2.45, 2.75) is 37.5 Å². The number of β-amino-alcohol motifs (C(OH)–C–C–N with tert-alkyl or cyclic N) is 1. The van der Waals surface area contributed by atoms with E-state index in [9.17, 15) is 9.90 Å². The second-order valence-corrected chi connectivity index (χ2v) is 4.70. The van der Waals surface area contributed by atoms with Gasteiger partial charge < -0.3 is 20.1 Å². The van der Waals surface area contributed by atoms with Crippen LogP contribution in [0.2, 0.25) is 0 Å². The standard InChI is InChI=1S/C11H20N2O3.ClH/c1-13(7-9-3-2-4-16-9)11(15)10-5-8(14)6-12-10;/h8-10,12,14H,2-7H2,1H3;1H. The fraction of sp³-hybridized carbons (Fsp3) is 0.909. The number of ether oxygens (including phenoxy) is 1. The molecule has 0 radical (unpaired) electrons. The summed E-state index contributed by atoms with van der Waals surface area (Å²) in [6.45, 7) is 1.99. The van der Waals surface area contributed by atoms with Gasteiger partial charge in [0, 0.05) is 26.7 Å². The van der Waals surface area contributed by atoms with Crippen LogP contribution in [-0.2, 0) is 9.53 Å². The quantitative estimate of drug-likeness (QED) is 0.739. The molecule has 2 fully saturated rings. The molecule has 2 rings (SSSR count). The number of amides is 1. The fourth-order valence-electron chi connectivity index (χ4n) is 2.35. The molecule has 1 amide bonds. The van der Waals surface area contributed by atoms with Gasteiger partial charge in [0.25, 0.3) is 0 Å². The summed E-state index contributed by atoms with van der Waals surface area (Å²) in [6, 6.07) is -0.221. The van der Waals surface area contributed by atoms with Crippen LogP contribution in [0.3, 0.4) is 0 Å². The Morgan fingerprint density at radius 2 is 2.35 bits per heavy atom. The van der Waals surface area contributed by atoms with E-state index in [1.165, 1.54) is 0 Å². The van der Waals surface area contributed by atoms with E-state index in [1.54, 1.807) is 11.9 Å². The van der Waals surface area contributed by atoms with Crippen LogP contribution < -0.4 is 5.32 Å². The Balaban J connectivity index is 0.00000144. The van der Waals surface area contributed by atoms with Crippen LogP contribution in [-0.4, -0.2) is 60.9 Å².